The highest BCUT2D eigenvalue weighted by Crippen LogP contribution is 2.32. The first-order valence-electron chi connectivity index (χ1n) is 4.78. The molecule has 2 heterocycles. The SMILES string of the molecule is CNC(c1ccc([N+](=O)[O-])o1)c1ccc(Br)s1. The van der Waals surface area contributed by atoms with Crippen LogP contribution in [0.2, 0.25) is 0 Å². The highest BCUT2D eigenvalue weighted by atomic mass is 79.9. The number of thiophene rings is 1. The Hall–Kier alpha value is -1.18. The van der Waals surface area contributed by atoms with Gasteiger partial charge >= 0.3 is 5.88 Å². The molecule has 2 aromatic rings. The van der Waals surface area contributed by atoms with Gasteiger partial charge in [-0.05, 0) is 41.2 Å². The summed E-state index contributed by atoms with van der Waals surface area (Å²) in [5.74, 6) is 0.296. The van der Waals surface area contributed by atoms with E-state index in [0.717, 1.165) is 8.66 Å². The van der Waals surface area contributed by atoms with Crippen LogP contribution in [0.5, 0.6) is 0 Å². The molecule has 90 valence electrons. The monoisotopic (exact) mass is 316 g/mol. The summed E-state index contributed by atoms with van der Waals surface area (Å²) >= 11 is 4.94. The van der Waals surface area contributed by atoms with Crippen molar-refractivity contribution in [2.24, 2.45) is 0 Å². The first-order chi connectivity index (χ1) is 8.11. The molecule has 2 rings (SSSR count). The fourth-order valence-corrected chi connectivity index (χ4v) is 3.05. The predicted octanol–water partition coefficient (Wildman–Crippen LogP) is 3.32. The van der Waals surface area contributed by atoms with Crippen molar-refractivity contribution in [3.05, 3.63) is 48.8 Å². The van der Waals surface area contributed by atoms with Crippen LogP contribution in [0.15, 0.2) is 32.5 Å². The zero-order valence-electron chi connectivity index (χ0n) is 8.84. The lowest BCUT2D eigenvalue weighted by Crippen LogP contribution is -2.15. The van der Waals surface area contributed by atoms with Gasteiger partial charge in [-0.25, -0.2) is 0 Å². The molecule has 1 unspecified atom stereocenters. The van der Waals surface area contributed by atoms with Crippen LogP contribution in [0, 0.1) is 10.1 Å². The first-order valence-corrected chi connectivity index (χ1v) is 6.39. The van der Waals surface area contributed by atoms with Crippen LogP contribution in [0.4, 0.5) is 5.88 Å². The van der Waals surface area contributed by atoms with E-state index in [-0.39, 0.29) is 11.9 Å². The molecule has 0 fully saturated rings. The summed E-state index contributed by atoms with van der Waals surface area (Å²) < 4.78 is 6.20. The fourth-order valence-electron chi connectivity index (χ4n) is 1.50. The molecular formula is C10H9BrN2O3S. The van der Waals surface area contributed by atoms with Crippen molar-refractivity contribution in [1.82, 2.24) is 5.32 Å². The van der Waals surface area contributed by atoms with Crippen molar-refractivity contribution in [3.8, 4) is 0 Å². The Morgan fingerprint density at radius 2 is 2.24 bits per heavy atom. The van der Waals surface area contributed by atoms with Crippen LogP contribution in [-0.4, -0.2) is 12.0 Å². The van der Waals surface area contributed by atoms with Gasteiger partial charge < -0.3 is 9.73 Å². The van der Waals surface area contributed by atoms with Gasteiger partial charge in [0.25, 0.3) is 0 Å². The summed E-state index contributed by atoms with van der Waals surface area (Å²) in [4.78, 5) is 11.0. The molecule has 0 saturated carbocycles. The zero-order valence-corrected chi connectivity index (χ0v) is 11.2. The van der Waals surface area contributed by atoms with E-state index in [4.69, 9.17) is 4.42 Å². The van der Waals surface area contributed by atoms with E-state index in [1.165, 1.54) is 6.07 Å². The molecule has 0 aliphatic heterocycles. The molecule has 0 aliphatic carbocycles. The van der Waals surface area contributed by atoms with E-state index in [1.54, 1.807) is 24.5 Å². The second kappa shape index (κ2) is 4.99. The minimum Gasteiger partial charge on any atom is -0.404 e. The summed E-state index contributed by atoms with van der Waals surface area (Å²) in [5.41, 5.74) is 0. The molecule has 5 nitrogen and oxygen atoms in total. The number of nitrogens with one attached hydrogen (secondary N) is 1. The number of furan rings is 1. The maximum absolute atomic E-state index is 10.6. The summed E-state index contributed by atoms with van der Waals surface area (Å²) in [5, 5.41) is 13.6. The van der Waals surface area contributed by atoms with E-state index in [2.05, 4.69) is 21.2 Å². The summed E-state index contributed by atoms with van der Waals surface area (Å²) in [7, 11) is 1.78. The zero-order chi connectivity index (χ0) is 12.4. The minimum absolute atomic E-state index is 0.167. The lowest BCUT2D eigenvalue weighted by Gasteiger charge is -2.10. The highest BCUT2D eigenvalue weighted by molar-refractivity contribution is 9.11. The number of hydrogen-bond acceptors (Lipinski definition) is 5. The van der Waals surface area contributed by atoms with E-state index in [0.29, 0.717) is 5.76 Å². The third-order valence-electron chi connectivity index (χ3n) is 2.24. The van der Waals surface area contributed by atoms with E-state index in [1.807, 2.05) is 12.1 Å². The quantitative estimate of drug-likeness (QED) is 0.694. The highest BCUT2D eigenvalue weighted by Gasteiger charge is 2.21. The topological polar surface area (TPSA) is 68.3 Å². The van der Waals surface area contributed by atoms with Crippen LogP contribution in [0.3, 0.4) is 0 Å². The van der Waals surface area contributed by atoms with Crippen molar-refractivity contribution in [2.75, 3.05) is 7.05 Å². The third-order valence-corrected chi connectivity index (χ3v) is 3.93. The van der Waals surface area contributed by atoms with Gasteiger partial charge in [-0.3, -0.25) is 10.1 Å². The molecule has 2 aromatic heterocycles. The van der Waals surface area contributed by atoms with Crippen molar-refractivity contribution in [2.45, 2.75) is 6.04 Å². The maximum atomic E-state index is 10.6. The number of nitrogens with zero attached hydrogens (tertiary/aromatic N) is 1. The standard InChI is InChI=1S/C10H9BrN2O3S/c1-12-10(7-3-4-8(11)17-7)6-2-5-9(16-6)13(14)15/h2-5,10,12H,1H3. The largest absolute Gasteiger partial charge is 0.433 e. The van der Waals surface area contributed by atoms with Crippen molar-refractivity contribution >= 4 is 33.2 Å². The summed E-state index contributed by atoms with van der Waals surface area (Å²) in [6, 6.07) is 6.70. The van der Waals surface area contributed by atoms with Gasteiger partial charge in [0.15, 0.2) is 0 Å². The van der Waals surface area contributed by atoms with Crippen molar-refractivity contribution in [1.29, 1.82) is 0 Å². The Balaban J connectivity index is 2.31. The molecule has 17 heavy (non-hydrogen) atoms. The van der Waals surface area contributed by atoms with E-state index < -0.39 is 4.92 Å². The Morgan fingerprint density at radius 3 is 2.71 bits per heavy atom. The molecule has 1 atom stereocenters. The number of hydrogen-bond donors (Lipinski definition) is 1. The smallest absolute Gasteiger partial charge is 0.404 e. The van der Waals surface area contributed by atoms with Gasteiger partial charge in [-0.15, -0.1) is 11.3 Å². The van der Waals surface area contributed by atoms with Gasteiger partial charge in [0, 0.05) is 4.88 Å². The molecule has 1 N–H and O–H groups in total. The predicted molar refractivity (Wildman–Crippen MR) is 68.3 cm³/mol. The Morgan fingerprint density at radius 1 is 1.47 bits per heavy atom. The minimum atomic E-state index is -0.541. The molecule has 0 amide bonds. The molecule has 0 bridgehead atoms. The lowest BCUT2D eigenvalue weighted by atomic mass is 10.2. The second-order valence-corrected chi connectivity index (χ2v) is 5.79. The van der Waals surface area contributed by atoms with E-state index >= 15 is 0 Å². The molecule has 7 heteroatoms. The Bertz CT molecular complexity index is 537. The molecule has 0 spiro atoms. The van der Waals surface area contributed by atoms with Gasteiger partial charge in [-0.2, -0.15) is 0 Å². The summed E-state index contributed by atoms with van der Waals surface area (Å²) in [6.07, 6.45) is 0. The van der Waals surface area contributed by atoms with Gasteiger partial charge in [0.1, 0.15) is 16.7 Å². The van der Waals surface area contributed by atoms with Gasteiger partial charge in [0.05, 0.1) is 9.85 Å². The molecule has 0 aromatic carbocycles. The van der Waals surface area contributed by atoms with Crippen LogP contribution in [0.1, 0.15) is 16.7 Å². The summed E-state index contributed by atoms with van der Waals surface area (Å²) in [6.45, 7) is 0. The first kappa shape index (κ1) is 12.3. The molecule has 0 aliphatic rings. The number of halogens is 1. The fraction of sp³-hybridized carbons (Fsp3) is 0.200. The lowest BCUT2D eigenvalue weighted by molar-refractivity contribution is -0.402. The molecule has 0 radical (unpaired) electrons. The second-order valence-electron chi connectivity index (χ2n) is 3.30. The number of rotatable bonds is 4. The average molecular weight is 317 g/mol. The Kier molecular flexibility index (Phi) is 3.60. The maximum Gasteiger partial charge on any atom is 0.433 e. The van der Waals surface area contributed by atoms with Crippen molar-refractivity contribution < 1.29 is 9.34 Å². The normalized spacial score (nSPS) is 12.6. The van der Waals surface area contributed by atoms with Crippen LogP contribution < -0.4 is 5.32 Å². The third kappa shape index (κ3) is 2.56. The number of nitro groups is 1. The average Bonchev–Trinajstić information content (AvgIpc) is 2.89. The van der Waals surface area contributed by atoms with Crippen molar-refractivity contribution in [3.63, 3.8) is 0 Å². The van der Waals surface area contributed by atoms with Crippen LogP contribution in [-0.2, 0) is 0 Å². The van der Waals surface area contributed by atoms with Gasteiger partial charge in [0.2, 0.25) is 0 Å². The van der Waals surface area contributed by atoms with Crippen LogP contribution >= 0.6 is 27.3 Å². The molecular weight excluding hydrogens is 308 g/mol. The Labute approximate surface area is 110 Å². The van der Waals surface area contributed by atoms with Crippen LogP contribution in [0.25, 0.3) is 0 Å². The van der Waals surface area contributed by atoms with E-state index in [9.17, 15) is 10.1 Å². The molecule has 0 saturated heterocycles. The van der Waals surface area contributed by atoms with Gasteiger partial charge in [-0.1, -0.05) is 0 Å².